The van der Waals surface area contributed by atoms with Gasteiger partial charge < -0.3 is 4.74 Å². The Morgan fingerprint density at radius 1 is 1.13 bits per heavy atom. The molecule has 0 amide bonds. The summed E-state index contributed by atoms with van der Waals surface area (Å²) < 4.78 is 5.38. The highest BCUT2D eigenvalue weighted by molar-refractivity contribution is 8.00. The van der Waals surface area contributed by atoms with Crippen LogP contribution < -0.4 is 4.74 Å². The summed E-state index contributed by atoms with van der Waals surface area (Å²) in [5.74, 6) is 6.34. The molecular formula is C25H30N2O2S. The zero-order valence-corrected chi connectivity index (χ0v) is 19.6. The molecule has 1 aliphatic heterocycles. The van der Waals surface area contributed by atoms with Gasteiger partial charge >= 0.3 is 5.97 Å². The predicted octanol–water partition coefficient (Wildman–Crippen LogP) is 5.70. The van der Waals surface area contributed by atoms with Gasteiger partial charge in [-0.1, -0.05) is 47.5 Å². The maximum absolute atomic E-state index is 11.6. The Hall–Kier alpha value is -2.32. The van der Waals surface area contributed by atoms with Crippen LogP contribution in [0.1, 0.15) is 83.2 Å². The van der Waals surface area contributed by atoms with Crippen LogP contribution in [0.15, 0.2) is 29.4 Å². The van der Waals surface area contributed by atoms with E-state index in [0.717, 1.165) is 24.8 Å². The largest absolute Gasteiger partial charge is 0.406 e. The minimum Gasteiger partial charge on any atom is -0.406 e. The first-order chi connectivity index (χ1) is 14.1. The SMILES string of the molecule is CCCC(=O)Oc1cnc(C#Cc2cc3c(cc2CC)SC(C)(C)CC3(C)C)cn1. The molecule has 0 saturated heterocycles. The van der Waals surface area contributed by atoms with E-state index in [-0.39, 0.29) is 22.0 Å². The first-order valence-electron chi connectivity index (χ1n) is 10.5. The number of carbonyl (C=O) groups excluding carboxylic acids is 1. The number of rotatable bonds is 4. The van der Waals surface area contributed by atoms with E-state index in [9.17, 15) is 4.79 Å². The van der Waals surface area contributed by atoms with Crippen molar-refractivity contribution in [1.29, 1.82) is 0 Å². The molecule has 0 N–H and O–H groups in total. The number of hydrogen-bond acceptors (Lipinski definition) is 5. The second kappa shape index (κ2) is 8.81. The van der Waals surface area contributed by atoms with Gasteiger partial charge in [0.2, 0.25) is 5.88 Å². The Kier molecular flexibility index (Phi) is 6.57. The highest BCUT2D eigenvalue weighted by atomic mass is 32.2. The number of esters is 1. The highest BCUT2D eigenvalue weighted by Crippen LogP contribution is 2.51. The lowest BCUT2D eigenvalue weighted by Gasteiger charge is -2.42. The van der Waals surface area contributed by atoms with Gasteiger partial charge in [-0.25, -0.2) is 9.97 Å². The minimum absolute atomic E-state index is 0.108. The maximum atomic E-state index is 11.6. The van der Waals surface area contributed by atoms with Crippen molar-refractivity contribution in [3.63, 3.8) is 0 Å². The Balaban J connectivity index is 1.88. The number of thioether (sulfide) groups is 1. The number of nitrogens with zero attached hydrogens (tertiary/aromatic N) is 2. The molecule has 0 radical (unpaired) electrons. The van der Waals surface area contributed by atoms with Crippen LogP contribution in [0, 0.1) is 11.8 Å². The van der Waals surface area contributed by atoms with Crippen molar-refractivity contribution in [3.8, 4) is 17.7 Å². The summed E-state index contributed by atoms with van der Waals surface area (Å²) in [5, 5.41) is 0. The van der Waals surface area contributed by atoms with E-state index >= 15 is 0 Å². The van der Waals surface area contributed by atoms with Gasteiger partial charge in [-0.05, 0) is 53.9 Å². The molecule has 0 atom stereocenters. The van der Waals surface area contributed by atoms with Crippen molar-refractivity contribution in [1.82, 2.24) is 9.97 Å². The molecule has 0 unspecified atom stereocenters. The first-order valence-corrected chi connectivity index (χ1v) is 11.4. The van der Waals surface area contributed by atoms with Crippen molar-refractivity contribution in [2.45, 2.75) is 82.3 Å². The van der Waals surface area contributed by atoms with Crippen molar-refractivity contribution >= 4 is 17.7 Å². The summed E-state index contributed by atoms with van der Waals surface area (Å²) in [4.78, 5) is 21.4. The Bertz CT molecular complexity index is 998. The fourth-order valence-electron chi connectivity index (χ4n) is 4.07. The number of aromatic nitrogens is 2. The van der Waals surface area contributed by atoms with Crippen LogP contribution in [0.25, 0.3) is 0 Å². The number of benzene rings is 1. The Morgan fingerprint density at radius 3 is 2.53 bits per heavy atom. The summed E-state index contributed by atoms with van der Waals surface area (Å²) in [5.41, 5.74) is 4.33. The van der Waals surface area contributed by atoms with Crippen molar-refractivity contribution in [2.75, 3.05) is 0 Å². The maximum Gasteiger partial charge on any atom is 0.312 e. The molecule has 1 aromatic carbocycles. The van der Waals surface area contributed by atoms with Gasteiger partial charge in [0.1, 0.15) is 5.69 Å². The third-order valence-corrected chi connectivity index (χ3v) is 6.45. The number of aryl methyl sites for hydroxylation is 1. The molecule has 3 rings (SSSR count). The van der Waals surface area contributed by atoms with E-state index in [1.807, 2.05) is 18.7 Å². The topological polar surface area (TPSA) is 52.1 Å². The first kappa shape index (κ1) is 22.4. The van der Waals surface area contributed by atoms with E-state index in [1.165, 1.54) is 22.2 Å². The third-order valence-electron chi connectivity index (χ3n) is 5.20. The standard InChI is InChI=1S/C25H30N2O2S/c1-7-9-23(28)29-22-15-26-19(14-27-22)11-10-18-12-20-21(13-17(18)8-2)30-25(5,6)16-24(20,3)4/h12-15H,7-9,16H2,1-6H3. The fraction of sp³-hybridized carbons (Fsp3) is 0.480. The molecule has 158 valence electrons. The Labute approximate surface area is 184 Å². The summed E-state index contributed by atoms with van der Waals surface area (Å²) in [6, 6.07) is 4.58. The molecule has 1 aliphatic rings. The van der Waals surface area contributed by atoms with Crippen molar-refractivity contribution < 1.29 is 9.53 Å². The smallest absolute Gasteiger partial charge is 0.312 e. The van der Waals surface area contributed by atoms with Gasteiger partial charge in [-0.15, -0.1) is 11.8 Å². The zero-order chi connectivity index (χ0) is 21.9. The van der Waals surface area contributed by atoms with Crippen LogP contribution >= 0.6 is 11.8 Å². The molecule has 0 bridgehead atoms. The highest BCUT2D eigenvalue weighted by Gasteiger charge is 2.38. The normalized spacial score (nSPS) is 16.2. The Morgan fingerprint density at radius 2 is 1.90 bits per heavy atom. The van der Waals surface area contributed by atoms with E-state index in [2.05, 4.69) is 68.6 Å². The predicted molar refractivity (Wildman–Crippen MR) is 122 cm³/mol. The van der Waals surface area contributed by atoms with Crippen LogP contribution in [0.2, 0.25) is 0 Å². The average molecular weight is 423 g/mol. The number of fused-ring (bicyclic) bond motifs is 1. The van der Waals surface area contributed by atoms with Gasteiger partial charge in [-0.3, -0.25) is 4.79 Å². The molecular weight excluding hydrogens is 392 g/mol. The summed E-state index contributed by atoms with van der Waals surface area (Å²) in [6.45, 7) is 13.4. The molecule has 4 nitrogen and oxygen atoms in total. The molecule has 0 fully saturated rings. The van der Waals surface area contributed by atoms with Gasteiger partial charge in [0.25, 0.3) is 0 Å². The van der Waals surface area contributed by atoms with E-state index in [0.29, 0.717) is 12.1 Å². The van der Waals surface area contributed by atoms with Crippen LogP contribution in [-0.4, -0.2) is 20.7 Å². The number of carbonyl (C=O) groups is 1. The lowest BCUT2D eigenvalue weighted by Crippen LogP contribution is -2.33. The van der Waals surface area contributed by atoms with E-state index < -0.39 is 0 Å². The summed E-state index contributed by atoms with van der Waals surface area (Å²) in [7, 11) is 0. The lowest BCUT2D eigenvalue weighted by atomic mass is 9.76. The van der Waals surface area contributed by atoms with Gasteiger partial charge in [0.05, 0.1) is 12.4 Å². The molecule has 0 spiro atoms. The van der Waals surface area contributed by atoms with Gasteiger partial charge in [0, 0.05) is 21.6 Å². The van der Waals surface area contributed by atoms with Crippen LogP contribution in [-0.2, 0) is 16.6 Å². The van der Waals surface area contributed by atoms with Crippen LogP contribution in [0.4, 0.5) is 0 Å². The fourth-order valence-corrected chi connectivity index (χ4v) is 5.75. The molecule has 1 aromatic heterocycles. The molecule has 5 heteroatoms. The minimum atomic E-state index is -0.295. The molecule has 2 aromatic rings. The van der Waals surface area contributed by atoms with Gasteiger partial charge in [0.15, 0.2) is 0 Å². The molecule has 0 saturated carbocycles. The van der Waals surface area contributed by atoms with E-state index in [4.69, 9.17) is 4.74 Å². The van der Waals surface area contributed by atoms with Crippen molar-refractivity contribution in [2.24, 2.45) is 0 Å². The molecule has 30 heavy (non-hydrogen) atoms. The monoisotopic (exact) mass is 422 g/mol. The summed E-state index contributed by atoms with van der Waals surface area (Å²) >= 11 is 1.97. The third kappa shape index (κ3) is 5.23. The number of ether oxygens (including phenoxy) is 1. The van der Waals surface area contributed by atoms with Crippen LogP contribution in [0.5, 0.6) is 5.88 Å². The van der Waals surface area contributed by atoms with Crippen LogP contribution in [0.3, 0.4) is 0 Å². The quantitative estimate of drug-likeness (QED) is 0.467. The molecule has 2 heterocycles. The average Bonchev–Trinajstić information content (AvgIpc) is 2.65. The van der Waals surface area contributed by atoms with E-state index in [1.54, 1.807) is 6.20 Å². The molecule has 0 aliphatic carbocycles. The van der Waals surface area contributed by atoms with Gasteiger partial charge in [-0.2, -0.15) is 0 Å². The number of hydrogen-bond donors (Lipinski definition) is 0. The lowest BCUT2D eigenvalue weighted by molar-refractivity contribution is -0.134. The second-order valence-electron chi connectivity index (χ2n) is 9.00. The second-order valence-corrected chi connectivity index (χ2v) is 10.7. The van der Waals surface area contributed by atoms with Crippen molar-refractivity contribution in [3.05, 3.63) is 46.9 Å². The summed E-state index contributed by atoms with van der Waals surface area (Å²) in [6.07, 6.45) is 6.16. The zero-order valence-electron chi connectivity index (χ0n) is 18.8.